The molecule has 1 aliphatic heterocycles. The zero-order chi connectivity index (χ0) is 12.8. The third-order valence-corrected chi connectivity index (χ3v) is 3.69. The lowest BCUT2D eigenvalue weighted by Crippen LogP contribution is -2.24. The molecule has 0 saturated carbocycles. The van der Waals surface area contributed by atoms with Gasteiger partial charge in [0.1, 0.15) is 5.82 Å². The van der Waals surface area contributed by atoms with Gasteiger partial charge >= 0.3 is 0 Å². The number of hydrogen-bond acceptors (Lipinski definition) is 3. The van der Waals surface area contributed by atoms with Crippen molar-refractivity contribution in [3.05, 3.63) is 22.8 Å². The van der Waals surface area contributed by atoms with Gasteiger partial charge in [-0.3, -0.25) is 4.90 Å². The zero-order valence-corrected chi connectivity index (χ0v) is 11.8. The molecule has 1 N–H and O–H groups in total. The minimum atomic E-state index is 0.779. The first kappa shape index (κ1) is 13.6. The van der Waals surface area contributed by atoms with Crippen molar-refractivity contribution in [3.8, 4) is 0 Å². The number of halogens is 1. The van der Waals surface area contributed by atoms with Crippen LogP contribution in [0.15, 0.2) is 12.1 Å². The Labute approximate surface area is 115 Å². The topological polar surface area (TPSA) is 28.2 Å². The summed E-state index contributed by atoms with van der Waals surface area (Å²) in [6, 6.07) is 3.89. The molecule has 2 rings (SSSR count). The van der Waals surface area contributed by atoms with E-state index in [0.717, 1.165) is 29.6 Å². The molecule has 1 saturated heterocycles. The molecule has 18 heavy (non-hydrogen) atoms. The summed E-state index contributed by atoms with van der Waals surface area (Å²) in [6.07, 6.45) is 5.30. The number of nitrogens with one attached hydrogen (secondary N) is 1. The summed E-state index contributed by atoms with van der Waals surface area (Å²) in [5.74, 6) is 0.923. The van der Waals surface area contributed by atoms with Crippen molar-refractivity contribution < 1.29 is 0 Å². The lowest BCUT2D eigenvalue weighted by atomic mass is 10.2. The molecule has 3 nitrogen and oxygen atoms in total. The first-order valence-corrected chi connectivity index (χ1v) is 7.29. The van der Waals surface area contributed by atoms with Crippen LogP contribution in [0.25, 0.3) is 0 Å². The quantitative estimate of drug-likeness (QED) is 0.904. The molecule has 4 heteroatoms. The maximum absolute atomic E-state index is 6.24. The van der Waals surface area contributed by atoms with Gasteiger partial charge in [0, 0.05) is 13.1 Å². The van der Waals surface area contributed by atoms with E-state index in [2.05, 4.69) is 22.1 Å². The van der Waals surface area contributed by atoms with E-state index >= 15 is 0 Å². The van der Waals surface area contributed by atoms with Crippen molar-refractivity contribution in [2.75, 3.05) is 25.0 Å². The zero-order valence-electron chi connectivity index (χ0n) is 11.1. The number of likely N-dealkylation sites (tertiary alicyclic amines) is 1. The van der Waals surface area contributed by atoms with E-state index in [4.69, 9.17) is 11.6 Å². The Kier molecular flexibility index (Phi) is 5.26. The van der Waals surface area contributed by atoms with E-state index < -0.39 is 0 Å². The Morgan fingerprint density at radius 1 is 1.22 bits per heavy atom. The third-order valence-electron chi connectivity index (χ3n) is 3.35. The first-order chi connectivity index (χ1) is 8.79. The van der Waals surface area contributed by atoms with Crippen LogP contribution < -0.4 is 5.32 Å². The summed E-state index contributed by atoms with van der Waals surface area (Å²) in [6.45, 7) is 6.17. The summed E-state index contributed by atoms with van der Waals surface area (Å²) in [4.78, 5) is 7.07. The molecule has 2 heterocycles. The van der Waals surface area contributed by atoms with Crippen LogP contribution in [-0.2, 0) is 6.54 Å². The second-order valence-corrected chi connectivity index (χ2v) is 5.25. The van der Waals surface area contributed by atoms with Gasteiger partial charge in [0.15, 0.2) is 0 Å². The summed E-state index contributed by atoms with van der Waals surface area (Å²) < 4.78 is 0. The number of anilines is 1. The van der Waals surface area contributed by atoms with E-state index in [9.17, 15) is 0 Å². The molecule has 0 aliphatic carbocycles. The first-order valence-electron chi connectivity index (χ1n) is 6.91. The van der Waals surface area contributed by atoms with Gasteiger partial charge in [-0.15, -0.1) is 0 Å². The standard InChI is InChI=1S/C14H22ClN3/c1-2-16-14-8-7-12(15)13(17-14)11-18-9-5-3-4-6-10-18/h7-8H,2-6,9-11H2,1H3,(H,16,17). The van der Waals surface area contributed by atoms with Crippen molar-refractivity contribution in [1.82, 2.24) is 9.88 Å². The molecule has 0 unspecified atom stereocenters. The fourth-order valence-electron chi connectivity index (χ4n) is 2.38. The van der Waals surface area contributed by atoms with Gasteiger partial charge < -0.3 is 5.32 Å². The summed E-state index contributed by atoms with van der Waals surface area (Å²) >= 11 is 6.24. The normalized spacial score (nSPS) is 17.4. The Bertz CT molecular complexity index is 373. The Balaban J connectivity index is 2.04. The summed E-state index contributed by atoms with van der Waals surface area (Å²) in [5.41, 5.74) is 0.997. The average Bonchev–Trinajstić information content (AvgIpc) is 2.62. The van der Waals surface area contributed by atoms with Gasteiger partial charge in [0.25, 0.3) is 0 Å². The van der Waals surface area contributed by atoms with E-state index in [1.807, 2.05) is 12.1 Å². The average molecular weight is 268 g/mol. The largest absolute Gasteiger partial charge is 0.370 e. The number of rotatable bonds is 4. The molecule has 0 bridgehead atoms. The van der Waals surface area contributed by atoms with Crippen LogP contribution in [0, 0.1) is 0 Å². The highest BCUT2D eigenvalue weighted by Crippen LogP contribution is 2.20. The van der Waals surface area contributed by atoms with Gasteiger partial charge in [-0.2, -0.15) is 0 Å². The van der Waals surface area contributed by atoms with Crippen LogP contribution in [0.3, 0.4) is 0 Å². The molecule has 1 aliphatic rings. The predicted molar refractivity (Wildman–Crippen MR) is 77.2 cm³/mol. The van der Waals surface area contributed by atoms with Crippen LogP contribution in [-0.4, -0.2) is 29.5 Å². The van der Waals surface area contributed by atoms with Gasteiger partial charge in [-0.05, 0) is 45.0 Å². The molecule has 1 aromatic rings. The van der Waals surface area contributed by atoms with E-state index in [0.29, 0.717) is 0 Å². The Morgan fingerprint density at radius 3 is 2.61 bits per heavy atom. The molecular formula is C14H22ClN3. The fourth-order valence-corrected chi connectivity index (χ4v) is 2.55. The highest BCUT2D eigenvalue weighted by Gasteiger charge is 2.12. The van der Waals surface area contributed by atoms with Crippen LogP contribution >= 0.6 is 11.6 Å². The molecular weight excluding hydrogens is 246 g/mol. The summed E-state index contributed by atoms with van der Waals surface area (Å²) in [7, 11) is 0. The maximum Gasteiger partial charge on any atom is 0.126 e. The lowest BCUT2D eigenvalue weighted by Gasteiger charge is -2.20. The SMILES string of the molecule is CCNc1ccc(Cl)c(CN2CCCCCC2)n1. The van der Waals surface area contributed by atoms with Crippen LogP contribution in [0.1, 0.15) is 38.3 Å². The van der Waals surface area contributed by atoms with Crippen molar-refractivity contribution >= 4 is 17.4 Å². The molecule has 0 spiro atoms. The fraction of sp³-hybridized carbons (Fsp3) is 0.643. The van der Waals surface area contributed by atoms with E-state index in [-0.39, 0.29) is 0 Å². The number of hydrogen-bond donors (Lipinski definition) is 1. The Morgan fingerprint density at radius 2 is 1.94 bits per heavy atom. The van der Waals surface area contributed by atoms with Crippen molar-refractivity contribution in [2.24, 2.45) is 0 Å². The lowest BCUT2D eigenvalue weighted by molar-refractivity contribution is 0.274. The number of pyridine rings is 1. The molecule has 100 valence electrons. The van der Waals surface area contributed by atoms with Crippen molar-refractivity contribution in [1.29, 1.82) is 0 Å². The van der Waals surface area contributed by atoms with E-state index in [1.54, 1.807) is 0 Å². The number of nitrogens with zero attached hydrogens (tertiary/aromatic N) is 2. The molecule has 0 aromatic carbocycles. The van der Waals surface area contributed by atoms with Crippen LogP contribution in [0.2, 0.25) is 5.02 Å². The molecule has 0 radical (unpaired) electrons. The second-order valence-electron chi connectivity index (χ2n) is 4.85. The smallest absolute Gasteiger partial charge is 0.126 e. The van der Waals surface area contributed by atoms with Gasteiger partial charge in [-0.25, -0.2) is 4.98 Å². The molecule has 1 fully saturated rings. The number of aromatic nitrogens is 1. The monoisotopic (exact) mass is 267 g/mol. The van der Waals surface area contributed by atoms with Gasteiger partial charge in [-0.1, -0.05) is 24.4 Å². The van der Waals surface area contributed by atoms with Crippen molar-refractivity contribution in [2.45, 2.75) is 39.2 Å². The van der Waals surface area contributed by atoms with Crippen LogP contribution in [0.4, 0.5) is 5.82 Å². The minimum Gasteiger partial charge on any atom is -0.370 e. The van der Waals surface area contributed by atoms with E-state index in [1.165, 1.54) is 38.8 Å². The highest BCUT2D eigenvalue weighted by atomic mass is 35.5. The molecule has 0 amide bonds. The predicted octanol–water partition coefficient (Wildman–Crippen LogP) is 3.54. The van der Waals surface area contributed by atoms with Crippen LogP contribution in [0.5, 0.6) is 0 Å². The van der Waals surface area contributed by atoms with Gasteiger partial charge in [0.2, 0.25) is 0 Å². The second kappa shape index (κ2) is 6.95. The third kappa shape index (κ3) is 3.85. The van der Waals surface area contributed by atoms with Gasteiger partial charge in [0.05, 0.1) is 10.7 Å². The summed E-state index contributed by atoms with van der Waals surface area (Å²) in [5, 5.41) is 4.02. The molecule has 1 aromatic heterocycles. The minimum absolute atomic E-state index is 0.779. The molecule has 0 atom stereocenters. The highest BCUT2D eigenvalue weighted by molar-refractivity contribution is 6.31. The maximum atomic E-state index is 6.24. The van der Waals surface area contributed by atoms with Crippen molar-refractivity contribution in [3.63, 3.8) is 0 Å². The Hall–Kier alpha value is -0.800.